The van der Waals surface area contributed by atoms with Crippen LogP contribution in [0.15, 0.2) is 24.3 Å². The lowest BCUT2D eigenvalue weighted by molar-refractivity contribution is -0.142. The van der Waals surface area contributed by atoms with E-state index in [9.17, 15) is 14.0 Å². The van der Waals surface area contributed by atoms with Gasteiger partial charge in [0.25, 0.3) is 0 Å². The Balaban J connectivity index is 2.71. The first kappa shape index (κ1) is 14.3. The van der Waals surface area contributed by atoms with Crippen molar-refractivity contribution in [1.82, 2.24) is 0 Å². The fourth-order valence-electron chi connectivity index (χ4n) is 1.55. The van der Waals surface area contributed by atoms with E-state index in [4.69, 9.17) is 5.73 Å². The number of carbonyl (C=O) groups excluding carboxylic acids is 2. The molecule has 1 rings (SSSR count). The summed E-state index contributed by atoms with van der Waals surface area (Å²) >= 11 is 0. The van der Waals surface area contributed by atoms with Gasteiger partial charge in [-0.05, 0) is 24.5 Å². The molecule has 0 aliphatic carbocycles. The van der Waals surface area contributed by atoms with Gasteiger partial charge in [0.2, 0.25) is 0 Å². The molecular formula is C13H16FNO3. The van der Waals surface area contributed by atoms with Crippen LogP contribution in [0.3, 0.4) is 0 Å². The van der Waals surface area contributed by atoms with E-state index < -0.39 is 24.0 Å². The minimum atomic E-state index is -1.60. The zero-order valence-corrected chi connectivity index (χ0v) is 10.4. The molecule has 0 fully saturated rings. The predicted octanol–water partition coefficient (Wildman–Crippen LogP) is 1.33. The second kappa shape index (κ2) is 6.26. The number of ketones is 1. The molecule has 0 radical (unpaired) electrons. The van der Waals surface area contributed by atoms with Crippen molar-refractivity contribution in [3.8, 4) is 0 Å². The lowest BCUT2D eigenvalue weighted by atomic mass is 10.0. The molecule has 1 aromatic rings. The van der Waals surface area contributed by atoms with Crippen LogP contribution in [-0.2, 0) is 20.7 Å². The Kier molecular flexibility index (Phi) is 4.97. The van der Waals surface area contributed by atoms with E-state index in [1.54, 1.807) is 12.1 Å². The summed E-state index contributed by atoms with van der Waals surface area (Å²) in [5, 5.41) is 0. The summed E-state index contributed by atoms with van der Waals surface area (Å²) in [7, 11) is 1.27. The number of ether oxygens (including phenoxy) is 1. The zero-order chi connectivity index (χ0) is 13.7. The number of alkyl halides is 1. The average Bonchev–Trinajstić information content (AvgIpc) is 2.37. The van der Waals surface area contributed by atoms with Gasteiger partial charge in [0, 0.05) is 0 Å². The molecule has 4 nitrogen and oxygen atoms in total. The van der Waals surface area contributed by atoms with Gasteiger partial charge >= 0.3 is 5.97 Å². The molecule has 1 aromatic carbocycles. The van der Waals surface area contributed by atoms with Crippen molar-refractivity contribution in [1.29, 1.82) is 0 Å². The maximum Gasteiger partial charge on any atom is 0.322 e. The average molecular weight is 253 g/mol. The van der Waals surface area contributed by atoms with Gasteiger partial charge in [0.05, 0.1) is 7.11 Å². The van der Waals surface area contributed by atoms with Crippen molar-refractivity contribution in [2.45, 2.75) is 25.6 Å². The molecule has 0 aliphatic heterocycles. The number of benzene rings is 1. The molecule has 2 atom stereocenters. The number of halogens is 1. The number of hydrogen-bond donors (Lipinski definition) is 1. The maximum absolute atomic E-state index is 13.4. The van der Waals surface area contributed by atoms with Gasteiger partial charge in [-0.25, -0.2) is 4.39 Å². The zero-order valence-electron chi connectivity index (χ0n) is 10.4. The number of Topliss-reactive ketones (excluding diaryl/α,β-unsaturated/α-hetero) is 1. The minimum Gasteiger partial charge on any atom is -0.468 e. The van der Waals surface area contributed by atoms with Crippen LogP contribution in [0.25, 0.3) is 0 Å². The molecule has 0 aromatic heterocycles. The van der Waals surface area contributed by atoms with Gasteiger partial charge in [-0.15, -0.1) is 0 Å². The molecule has 0 saturated heterocycles. The van der Waals surface area contributed by atoms with E-state index in [-0.39, 0.29) is 0 Å². The maximum atomic E-state index is 13.4. The highest BCUT2D eigenvalue weighted by Crippen LogP contribution is 2.19. The van der Waals surface area contributed by atoms with Crippen molar-refractivity contribution in [2.75, 3.05) is 7.11 Å². The molecule has 0 aliphatic rings. The van der Waals surface area contributed by atoms with Gasteiger partial charge in [0.15, 0.2) is 12.0 Å². The highest BCUT2D eigenvalue weighted by molar-refractivity contribution is 5.81. The number of carbonyl (C=O) groups is 2. The molecule has 0 saturated carbocycles. The molecule has 18 heavy (non-hydrogen) atoms. The molecule has 2 N–H and O–H groups in total. The highest BCUT2D eigenvalue weighted by Gasteiger charge is 2.16. The molecule has 0 spiro atoms. The lowest BCUT2D eigenvalue weighted by Crippen LogP contribution is -2.33. The lowest BCUT2D eigenvalue weighted by Gasteiger charge is -2.10. The Labute approximate surface area is 105 Å². The summed E-state index contributed by atoms with van der Waals surface area (Å²) in [6.07, 6.45) is -1.29. The first-order chi connectivity index (χ1) is 8.45. The molecule has 98 valence electrons. The molecular weight excluding hydrogens is 237 g/mol. The van der Waals surface area contributed by atoms with Gasteiger partial charge in [0.1, 0.15) is 6.04 Å². The summed E-state index contributed by atoms with van der Waals surface area (Å²) < 4.78 is 17.9. The Morgan fingerprint density at radius 2 is 1.89 bits per heavy atom. The van der Waals surface area contributed by atoms with Crippen molar-refractivity contribution in [3.63, 3.8) is 0 Å². The summed E-state index contributed by atoms with van der Waals surface area (Å²) in [5.74, 6) is -1.03. The second-order valence-electron chi connectivity index (χ2n) is 4.05. The van der Waals surface area contributed by atoms with E-state index in [2.05, 4.69) is 4.74 Å². The van der Waals surface area contributed by atoms with E-state index in [1.165, 1.54) is 26.2 Å². The van der Waals surface area contributed by atoms with Crippen LogP contribution in [0.5, 0.6) is 0 Å². The fraction of sp³-hybridized carbons (Fsp3) is 0.385. The smallest absolute Gasteiger partial charge is 0.322 e. The van der Waals surface area contributed by atoms with Crippen LogP contribution in [0.1, 0.15) is 24.2 Å². The number of methoxy groups -OCH3 is 1. The summed E-state index contributed by atoms with van der Waals surface area (Å²) in [6.45, 7) is 1.20. The van der Waals surface area contributed by atoms with E-state index in [1.807, 2.05) is 0 Å². The highest BCUT2D eigenvalue weighted by atomic mass is 19.1. The van der Waals surface area contributed by atoms with Crippen LogP contribution in [-0.4, -0.2) is 24.9 Å². The van der Waals surface area contributed by atoms with Crippen LogP contribution in [0.2, 0.25) is 0 Å². The number of esters is 1. The standard InChI is InChI=1S/C13H16FNO3/c1-8(16)12(14)10-5-3-9(4-6-10)7-11(15)13(17)18-2/h3-6,11-12H,7,15H2,1-2H3. The SMILES string of the molecule is COC(=O)C(N)Cc1ccc(C(F)C(C)=O)cc1. The third-order valence-electron chi connectivity index (χ3n) is 2.59. The quantitative estimate of drug-likeness (QED) is 0.804. The number of hydrogen-bond acceptors (Lipinski definition) is 4. The van der Waals surface area contributed by atoms with Crippen LogP contribution in [0.4, 0.5) is 4.39 Å². The molecule has 0 heterocycles. The first-order valence-corrected chi connectivity index (χ1v) is 5.52. The van der Waals surface area contributed by atoms with Gasteiger partial charge in [-0.3, -0.25) is 9.59 Å². The summed E-state index contributed by atoms with van der Waals surface area (Å²) in [5.41, 5.74) is 6.69. The largest absolute Gasteiger partial charge is 0.468 e. The van der Waals surface area contributed by atoms with E-state index in [0.717, 1.165) is 5.56 Å². The third-order valence-corrected chi connectivity index (χ3v) is 2.59. The summed E-state index contributed by atoms with van der Waals surface area (Å²) in [4.78, 5) is 22.0. The monoisotopic (exact) mass is 253 g/mol. The molecule has 0 bridgehead atoms. The first-order valence-electron chi connectivity index (χ1n) is 5.52. The Hall–Kier alpha value is -1.75. The minimum absolute atomic E-state index is 0.304. The van der Waals surface area contributed by atoms with Crippen molar-refractivity contribution >= 4 is 11.8 Å². The number of nitrogens with two attached hydrogens (primary N) is 1. The predicted molar refractivity (Wildman–Crippen MR) is 64.7 cm³/mol. The third kappa shape index (κ3) is 3.63. The normalized spacial score (nSPS) is 13.8. The van der Waals surface area contributed by atoms with Gasteiger partial charge in [-0.2, -0.15) is 0 Å². The summed E-state index contributed by atoms with van der Waals surface area (Å²) in [6, 6.07) is 5.59. The van der Waals surface area contributed by atoms with Crippen molar-refractivity contribution in [2.24, 2.45) is 5.73 Å². The second-order valence-corrected chi connectivity index (χ2v) is 4.05. The van der Waals surface area contributed by atoms with Crippen molar-refractivity contribution in [3.05, 3.63) is 35.4 Å². The van der Waals surface area contributed by atoms with Gasteiger partial charge in [-0.1, -0.05) is 24.3 Å². The molecule has 5 heteroatoms. The molecule has 0 amide bonds. The number of rotatable bonds is 5. The Morgan fingerprint density at radius 3 is 2.33 bits per heavy atom. The Bertz CT molecular complexity index is 430. The fourth-order valence-corrected chi connectivity index (χ4v) is 1.55. The molecule has 2 unspecified atom stereocenters. The van der Waals surface area contributed by atoms with Crippen molar-refractivity contribution < 1.29 is 18.7 Å². The van der Waals surface area contributed by atoms with Crippen LogP contribution >= 0.6 is 0 Å². The van der Waals surface area contributed by atoms with Gasteiger partial charge < -0.3 is 10.5 Å². The van der Waals surface area contributed by atoms with Crippen LogP contribution < -0.4 is 5.73 Å². The van der Waals surface area contributed by atoms with E-state index >= 15 is 0 Å². The van der Waals surface area contributed by atoms with Crippen LogP contribution in [0, 0.1) is 0 Å². The van der Waals surface area contributed by atoms with E-state index in [0.29, 0.717) is 12.0 Å². The topological polar surface area (TPSA) is 69.4 Å². The Morgan fingerprint density at radius 1 is 1.33 bits per heavy atom.